The molecule has 0 amide bonds. The maximum absolute atomic E-state index is 12.0. The summed E-state index contributed by atoms with van der Waals surface area (Å²) in [6, 6.07) is 0. The number of carbonyl (C=O) groups excluding carboxylic acids is 1. The maximum Gasteiger partial charge on any atom is 0.474 e. The van der Waals surface area contributed by atoms with Gasteiger partial charge in [0.05, 0.1) is 6.61 Å². The van der Waals surface area contributed by atoms with Crippen LogP contribution in [0.4, 0.5) is 0 Å². The van der Waals surface area contributed by atoms with E-state index in [0.29, 0.717) is 6.42 Å². The molecule has 0 aromatic rings. The topological polar surface area (TPSA) is 163 Å². The highest BCUT2D eigenvalue weighted by Gasteiger charge is 2.53. The van der Waals surface area contributed by atoms with Crippen LogP contribution in [0.3, 0.4) is 0 Å². The Kier molecular flexibility index (Phi) is 11.2. The van der Waals surface area contributed by atoms with E-state index < -0.39 is 43.8 Å². The van der Waals surface area contributed by atoms with Crippen molar-refractivity contribution in [2.45, 2.75) is 83.0 Å². The van der Waals surface area contributed by atoms with Gasteiger partial charge in [0.2, 0.25) is 17.7 Å². The van der Waals surface area contributed by atoms with E-state index in [1.165, 1.54) is 32.1 Å². The molecule has 29 heavy (non-hydrogen) atoms. The van der Waals surface area contributed by atoms with Gasteiger partial charge in [-0.15, -0.1) is 0 Å². The lowest BCUT2D eigenvalue weighted by molar-refractivity contribution is -0.234. The van der Waals surface area contributed by atoms with Gasteiger partial charge in [0.25, 0.3) is 0 Å². The zero-order valence-electron chi connectivity index (χ0n) is 16.8. The summed E-state index contributed by atoms with van der Waals surface area (Å²) in [6.45, 7) is 0.746. The van der Waals surface area contributed by atoms with Gasteiger partial charge in [-0.05, 0) is 6.42 Å². The third-order valence-corrected chi connectivity index (χ3v) is 5.63. The van der Waals surface area contributed by atoms with Crippen molar-refractivity contribution in [3.8, 4) is 0 Å². The number of ether oxygens (including phenoxy) is 1. The normalized spacial score (nSPS) is 21.1. The minimum atomic E-state index is -4.84. The largest absolute Gasteiger partial charge is 0.505 e. The van der Waals surface area contributed by atoms with Crippen molar-refractivity contribution in [2.24, 2.45) is 0 Å². The number of aliphatic hydroxyl groups excluding tert-OH is 3. The fraction of sp³-hybridized carbons (Fsp3) is 0.833. The van der Waals surface area contributed by atoms with Gasteiger partial charge in [0.15, 0.2) is 5.76 Å². The fourth-order valence-electron chi connectivity index (χ4n) is 2.91. The predicted molar refractivity (Wildman–Crippen MR) is 103 cm³/mol. The van der Waals surface area contributed by atoms with Crippen molar-refractivity contribution in [1.29, 1.82) is 0 Å². The molecule has 1 aliphatic rings. The van der Waals surface area contributed by atoms with E-state index in [2.05, 4.69) is 16.2 Å². The van der Waals surface area contributed by atoms with Crippen LogP contribution in [0.25, 0.3) is 0 Å². The first-order valence-electron chi connectivity index (χ1n) is 10.0. The molecule has 1 aliphatic heterocycles. The Morgan fingerprint density at radius 1 is 1.03 bits per heavy atom. The lowest BCUT2D eigenvalue weighted by Gasteiger charge is -2.31. The minimum absolute atomic E-state index is 0.122. The number of esters is 1. The zero-order chi connectivity index (χ0) is 21.9. The predicted octanol–water partition coefficient (Wildman–Crippen LogP) is 2.97. The molecule has 170 valence electrons. The Balaban J connectivity index is 2.30. The Morgan fingerprint density at radius 2 is 1.55 bits per heavy atom. The summed E-state index contributed by atoms with van der Waals surface area (Å²) < 4.78 is 25.8. The van der Waals surface area contributed by atoms with E-state index in [1.54, 1.807) is 0 Å². The van der Waals surface area contributed by atoms with E-state index in [-0.39, 0.29) is 6.61 Å². The Morgan fingerprint density at radius 3 is 2.00 bits per heavy atom. The second-order valence-corrected chi connectivity index (χ2v) is 8.48. The molecule has 1 heterocycles. The quantitative estimate of drug-likeness (QED) is 0.104. The van der Waals surface area contributed by atoms with Gasteiger partial charge >= 0.3 is 13.8 Å². The number of unbranched alkanes of at least 4 members (excludes halogenated alkanes) is 9. The van der Waals surface area contributed by atoms with Crippen molar-refractivity contribution in [1.82, 2.24) is 0 Å². The number of carbonyl (C=O) groups is 1. The highest BCUT2D eigenvalue weighted by atomic mass is 31.2. The zero-order valence-corrected chi connectivity index (χ0v) is 17.7. The van der Waals surface area contributed by atoms with Crippen molar-refractivity contribution in [3.05, 3.63) is 11.5 Å². The number of phosphoric acid groups is 1. The summed E-state index contributed by atoms with van der Waals surface area (Å²) in [6.07, 6.45) is 8.61. The molecule has 0 aliphatic carbocycles. The van der Waals surface area contributed by atoms with Crippen LogP contribution < -0.4 is 0 Å². The molecule has 0 fully saturated rings. The summed E-state index contributed by atoms with van der Waals surface area (Å²) in [5.41, 5.74) is 0. The summed E-state index contributed by atoms with van der Waals surface area (Å²) in [5.74, 6) is -6.65. The minimum Gasteiger partial charge on any atom is -0.505 e. The van der Waals surface area contributed by atoms with E-state index >= 15 is 0 Å². The van der Waals surface area contributed by atoms with Crippen LogP contribution in [0.1, 0.15) is 71.1 Å². The summed E-state index contributed by atoms with van der Waals surface area (Å²) in [5, 5.41) is 38.3. The van der Waals surface area contributed by atoms with Crippen molar-refractivity contribution >= 4 is 13.8 Å². The molecule has 0 aromatic heterocycles. The van der Waals surface area contributed by atoms with Gasteiger partial charge in [-0.1, -0.05) is 64.7 Å². The smallest absolute Gasteiger partial charge is 0.474 e. The number of hydrogen-bond acceptors (Lipinski definition) is 9. The van der Waals surface area contributed by atoms with Crippen LogP contribution in [0.15, 0.2) is 11.5 Å². The molecule has 11 heteroatoms. The summed E-state index contributed by atoms with van der Waals surface area (Å²) in [7, 11) is -4.84. The first kappa shape index (κ1) is 25.9. The van der Waals surface area contributed by atoms with E-state index in [0.717, 1.165) is 25.7 Å². The molecule has 1 rings (SSSR count). The van der Waals surface area contributed by atoms with Gasteiger partial charge in [-0.3, -0.25) is 4.52 Å². The third-order valence-electron chi connectivity index (χ3n) is 4.57. The Hall–Kier alpha value is -1.16. The highest BCUT2D eigenvalue weighted by Crippen LogP contribution is 2.49. The molecule has 0 radical (unpaired) electrons. The first-order valence-corrected chi connectivity index (χ1v) is 11.5. The van der Waals surface area contributed by atoms with Gasteiger partial charge < -0.3 is 30.1 Å². The van der Waals surface area contributed by atoms with Gasteiger partial charge in [-0.2, -0.15) is 0 Å². The molecule has 10 nitrogen and oxygen atoms in total. The molecule has 5 N–H and O–H groups in total. The van der Waals surface area contributed by atoms with Gasteiger partial charge in [0.1, 0.15) is 6.61 Å². The van der Waals surface area contributed by atoms with Crippen molar-refractivity contribution in [2.75, 3.05) is 13.2 Å². The molecule has 0 saturated carbocycles. The van der Waals surface area contributed by atoms with E-state index in [4.69, 9.17) is 4.52 Å². The highest BCUT2D eigenvalue weighted by molar-refractivity contribution is 7.47. The molecule has 0 saturated heterocycles. The molecular formula is C18H33O10P. The fourth-order valence-corrected chi connectivity index (χ4v) is 3.87. The Labute approximate surface area is 170 Å². The molecule has 3 atom stereocenters. The van der Waals surface area contributed by atoms with Crippen molar-refractivity contribution < 1.29 is 48.5 Å². The van der Waals surface area contributed by atoms with Crippen LogP contribution >= 0.6 is 7.82 Å². The average molecular weight is 440 g/mol. The summed E-state index contributed by atoms with van der Waals surface area (Å²) >= 11 is 0. The van der Waals surface area contributed by atoms with E-state index in [9.17, 15) is 34.7 Å². The average Bonchev–Trinajstić information content (AvgIpc) is 2.93. The monoisotopic (exact) mass is 440 g/mol. The van der Waals surface area contributed by atoms with Crippen LogP contribution in [0.5, 0.6) is 0 Å². The van der Waals surface area contributed by atoms with Crippen LogP contribution in [-0.2, 0) is 23.1 Å². The lowest BCUT2D eigenvalue weighted by atomic mass is 10.1. The van der Waals surface area contributed by atoms with Crippen molar-refractivity contribution in [3.63, 3.8) is 0 Å². The van der Waals surface area contributed by atoms with Crippen LogP contribution in [0.2, 0.25) is 0 Å². The molecule has 1 unspecified atom stereocenters. The molecule has 0 bridgehead atoms. The standard InChI is InChI=1S/C18H33O10P/c1-2-3-4-5-6-7-8-9-10-11-12-26-29(24,25)28-18(23,13-19)16-14(20)15(21)17(22)27-16/h16,19-21,23H,2-13H2,1H3,(H,24,25)/t16-,18+/m0/s1. The van der Waals surface area contributed by atoms with Gasteiger partial charge in [-0.25, -0.2) is 13.9 Å². The molecule has 0 aromatic carbocycles. The number of cyclic esters (lactones) is 1. The second kappa shape index (κ2) is 12.5. The number of phosphoric ester groups is 1. The first-order chi connectivity index (χ1) is 13.7. The van der Waals surface area contributed by atoms with Crippen LogP contribution in [-0.4, -0.2) is 56.4 Å². The third kappa shape index (κ3) is 8.62. The molecule has 0 spiro atoms. The SMILES string of the molecule is CCCCCCCCCCCCOP(=O)(O)O[C@](O)(CO)[C@H]1OC(=O)C(O)=C1O. The second-order valence-electron chi connectivity index (χ2n) is 7.10. The molecular weight excluding hydrogens is 407 g/mol. The summed E-state index contributed by atoms with van der Waals surface area (Å²) in [4.78, 5) is 20.9. The van der Waals surface area contributed by atoms with E-state index in [1.807, 2.05) is 0 Å². The Bertz CT molecular complexity index is 593. The lowest BCUT2D eigenvalue weighted by Crippen LogP contribution is -2.49. The van der Waals surface area contributed by atoms with Gasteiger partial charge in [0, 0.05) is 0 Å². The number of aliphatic hydroxyl groups is 4. The number of hydrogen-bond donors (Lipinski definition) is 5. The van der Waals surface area contributed by atoms with Crippen LogP contribution in [0, 0.1) is 0 Å². The maximum atomic E-state index is 12.0. The number of rotatable bonds is 16.